The largest absolute Gasteiger partial charge is 0.495 e. The Labute approximate surface area is 164 Å². The number of nitrogens with one attached hydrogen (secondary N) is 2. The quantitative estimate of drug-likeness (QED) is 0.584. The van der Waals surface area contributed by atoms with Crippen LogP contribution in [0.1, 0.15) is 5.56 Å². The first-order chi connectivity index (χ1) is 13.7. The first-order valence-corrected chi connectivity index (χ1v) is 8.82. The fourth-order valence-electron chi connectivity index (χ4n) is 2.75. The van der Waals surface area contributed by atoms with Crippen molar-refractivity contribution in [2.75, 3.05) is 24.9 Å². The molecule has 3 aromatic carbocycles. The summed E-state index contributed by atoms with van der Waals surface area (Å²) in [5.41, 5.74) is 2.90. The molecule has 5 heteroatoms. The third-order valence-corrected chi connectivity index (χ3v) is 4.10. The van der Waals surface area contributed by atoms with Crippen molar-refractivity contribution in [3.63, 3.8) is 0 Å². The highest BCUT2D eigenvalue weighted by atomic mass is 16.5. The van der Waals surface area contributed by atoms with E-state index in [0.29, 0.717) is 22.9 Å². The van der Waals surface area contributed by atoms with Gasteiger partial charge in [-0.1, -0.05) is 54.6 Å². The van der Waals surface area contributed by atoms with E-state index in [1.54, 1.807) is 26.4 Å². The van der Waals surface area contributed by atoms with E-state index in [-0.39, 0.29) is 5.91 Å². The van der Waals surface area contributed by atoms with E-state index >= 15 is 0 Å². The molecule has 142 valence electrons. The van der Waals surface area contributed by atoms with Crippen molar-refractivity contribution < 1.29 is 14.3 Å². The molecule has 0 fully saturated rings. The summed E-state index contributed by atoms with van der Waals surface area (Å²) in [6, 6.07) is 24.5. The highest BCUT2D eigenvalue weighted by Gasteiger charge is 2.10. The molecule has 0 aromatic heterocycles. The Kier molecular flexibility index (Phi) is 6.31. The number of methoxy groups -OCH3 is 2. The van der Waals surface area contributed by atoms with Gasteiger partial charge in [0.15, 0.2) is 0 Å². The number of benzene rings is 3. The van der Waals surface area contributed by atoms with Gasteiger partial charge in [-0.2, -0.15) is 0 Å². The number of hydrogen-bond donors (Lipinski definition) is 2. The van der Waals surface area contributed by atoms with Crippen molar-refractivity contribution in [2.45, 2.75) is 0 Å². The molecule has 0 atom stereocenters. The van der Waals surface area contributed by atoms with Crippen LogP contribution < -0.4 is 20.1 Å². The summed E-state index contributed by atoms with van der Waals surface area (Å²) in [6.45, 7) is 0. The van der Waals surface area contributed by atoms with Gasteiger partial charge >= 0.3 is 0 Å². The van der Waals surface area contributed by atoms with Gasteiger partial charge in [-0.3, -0.25) is 4.79 Å². The maximum atomic E-state index is 12.7. The van der Waals surface area contributed by atoms with Crippen molar-refractivity contribution in [2.24, 2.45) is 0 Å². The number of anilines is 2. The van der Waals surface area contributed by atoms with Crippen LogP contribution in [0, 0.1) is 0 Å². The molecule has 0 bridgehead atoms. The van der Waals surface area contributed by atoms with Crippen molar-refractivity contribution in [3.05, 3.63) is 90.5 Å². The van der Waals surface area contributed by atoms with E-state index < -0.39 is 0 Å². The van der Waals surface area contributed by atoms with Gasteiger partial charge in [0.25, 0.3) is 5.91 Å². The fourth-order valence-corrected chi connectivity index (χ4v) is 2.75. The van der Waals surface area contributed by atoms with E-state index in [4.69, 9.17) is 9.47 Å². The number of carbonyl (C=O) groups excluding carboxylic acids is 1. The van der Waals surface area contributed by atoms with Crippen LogP contribution in [0.15, 0.2) is 84.9 Å². The summed E-state index contributed by atoms with van der Waals surface area (Å²) in [4.78, 5) is 12.7. The maximum absolute atomic E-state index is 12.7. The molecule has 28 heavy (non-hydrogen) atoms. The number of ether oxygens (including phenoxy) is 2. The van der Waals surface area contributed by atoms with Crippen LogP contribution in [0.5, 0.6) is 11.5 Å². The lowest BCUT2D eigenvalue weighted by molar-refractivity contribution is -0.111. The van der Waals surface area contributed by atoms with Gasteiger partial charge in [-0.25, -0.2) is 0 Å². The minimum atomic E-state index is -0.272. The normalized spacial score (nSPS) is 10.9. The lowest BCUT2D eigenvalue weighted by atomic mass is 10.1. The van der Waals surface area contributed by atoms with Crippen LogP contribution in [0.25, 0.3) is 5.70 Å². The van der Waals surface area contributed by atoms with Crippen molar-refractivity contribution in [3.8, 4) is 11.5 Å². The molecule has 0 aliphatic heterocycles. The van der Waals surface area contributed by atoms with Crippen molar-refractivity contribution in [1.29, 1.82) is 0 Å². The first-order valence-electron chi connectivity index (χ1n) is 8.82. The standard InChI is InChI=1S/C23H22N2O3/c1-27-21-14-8-6-12-18(21)24-20(17-10-4-3-5-11-17)16-23(26)25-19-13-7-9-15-22(19)28-2/h3-16,24H,1-2H3,(H,25,26)/b20-16-. The Balaban J connectivity index is 1.91. The Hall–Kier alpha value is -3.73. The van der Waals surface area contributed by atoms with Gasteiger partial charge in [-0.15, -0.1) is 0 Å². The zero-order chi connectivity index (χ0) is 19.8. The second-order valence-electron chi connectivity index (χ2n) is 5.94. The highest BCUT2D eigenvalue weighted by Crippen LogP contribution is 2.28. The van der Waals surface area contributed by atoms with Crippen molar-refractivity contribution >= 4 is 23.0 Å². The second kappa shape index (κ2) is 9.28. The van der Waals surface area contributed by atoms with Crippen LogP contribution in [-0.4, -0.2) is 20.1 Å². The van der Waals surface area contributed by atoms with Gasteiger partial charge in [0.2, 0.25) is 0 Å². The summed E-state index contributed by atoms with van der Waals surface area (Å²) in [5, 5.41) is 6.17. The second-order valence-corrected chi connectivity index (χ2v) is 5.94. The number of rotatable bonds is 7. The van der Waals surface area contributed by atoms with Crippen LogP contribution in [0.4, 0.5) is 11.4 Å². The molecule has 3 aromatic rings. The molecule has 0 aliphatic carbocycles. The molecule has 2 N–H and O–H groups in total. The van der Waals surface area contributed by atoms with Gasteiger partial charge in [-0.05, 0) is 29.8 Å². The minimum absolute atomic E-state index is 0.272. The summed E-state index contributed by atoms with van der Waals surface area (Å²) < 4.78 is 10.7. The van der Waals surface area contributed by atoms with Gasteiger partial charge in [0, 0.05) is 6.08 Å². The van der Waals surface area contributed by atoms with E-state index in [1.807, 2.05) is 66.7 Å². The Morgan fingerprint density at radius 1 is 0.714 bits per heavy atom. The Bertz CT molecular complexity index is 968. The predicted molar refractivity (Wildman–Crippen MR) is 113 cm³/mol. The predicted octanol–water partition coefficient (Wildman–Crippen LogP) is 4.80. The molecule has 0 aliphatic rings. The Morgan fingerprint density at radius 3 is 1.79 bits per heavy atom. The summed E-state index contributed by atoms with van der Waals surface area (Å²) in [5.74, 6) is 1.02. The zero-order valence-electron chi connectivity index (χ0n) is 15.8. The van der Waals surface area contributed by atoms with Gasteiger partial charge in [0.1, 0.15) is 11.5 Å². The van der Waals surface area contributed by atoms with Crippen LogP contribution >= 0.6 is 0 Å². The van der Waals surface area contributed by atoms with Crippen LogP contribution in [0.3, 0.4) is 0 Å². The molecule has 0 radical (unpaired) electrons. The average molecular weight is 374 g/mol. The molecule has 0 saturated heterocycles. The molecule has 1 amide bonds. The lowest BCUT2D eigenvalue weighted by Crippen LogP contribution is -2.12. The molecular weight excluding hydrogens is 352 g/mol. The number of carbonyl (C=O) groups is 1. The lowest BCUT2D eigenvalue weighted by Gasteiger charge is -2.15. The number of hydrogen-bond acceptors (Lipinski definition) is 4. The molecule has 0 spiro atoms. The monoisotopic (exact) mass is 374 g/mol. The van der Waals surface area contributed by atoms with E-state index in [9.17, 15) is 4.79 Å². The number of amides is 1. The first kappa shape index (κ1) is 19.0. The van der Waals surface area contributed by atoms with Gasteiger partial charge < -0.3 is 20.1 Å². The molecule has 0 unspecified atom stereocenters. The fraction of sp³-hybridized carbons (Fsp3) is 0.0870. The van der Waals surface area contributed by atoms with Crippen molar-refractivity contribution in [1.82, 2.24) is 0 Å². The SMILES string of the molecule is COc1ccccc1NC(=O)/C=C(\Nc1ccccc1OC)c1ccccc1. The third kappa shape index (κ3) is 4.71. The number of para-hydroxylation sites is 4. The highest BCUT2D eigenvalue weighted by molar-refractivity contribution is 6.06. The Morgan fingerprint density at radius 2 is 1.21 bits per heavy atom. The summed E-state index contributed by atoms with van der Waals surface area (Å²) in [6.07, 6.45) is 1.52. The molecule has 3 rings (SSSR count). The smallest absolute Gasteiger partial charge is 0.250 e. The molecular formula is C23H22N2O3. The third-order valence-electron chi connectivity index (χ3n) is 4.10. The molecule has 0 heterocycles. The van der Waals surface area contributed by atoms with E-state index in [1.165, 1.54) is 6.08 Å². The topological polar surface area (TPSA) is 59.6 Å². The van der Waals surface area contributed by atoms with E-state index in [0.717, 1.165) is 11.3 Å². The zero-order valence-corrected chi connectivity index (χ0v) is 15.8. The van der Waals surface area contributed by atoms with E-state index in [2.05, 4.69) is 10.6 Å². The van der Waals surface area contributed by atoms with Crippen LogP contribution in [0.2, 0.25) is 0 Å². The average Bonchev–Trinajstić information content (AvgIpc) is 2.74. The molecule has 5 nitrogen and oxygen atoms in total. The maximum Gasteiger partial charge on any atom is 0.250 e. The molecule has 0 saturated carbocycles. The van der Waals surface area contributed by atoms with Crippen LogP contribution in [-0.2, 0) is 4.79 Å². The summed E-state index contributed by atoms with van der Waals surface area (Å²) in [7, 11) is 3.18. The minimum Gasteiger partial charge on any atom is -0.495 e. The summed E-state index contributed by atoms with van der Waals surface area (Å²) >= 11 is 0. The van der Waals surface area contributed by atoms with Gasteiger partial charge in [0.05, 0.1) is 31.3 Å².